The van der Waals surface area contributed by atoms with Gasteiger partial charge >= 0.3 is 0 Å². The Balaban J connectivity index is 2.10. The SMILES string of the molecule is CC(C)CNC(=O)c1ccccc1NC(=O)c1ccc(OC(C)C)cc1. The van der Waals surface area contributed by atoms with Gasteiger partial charge in [-0.2, -0.15) is 0 Å². The topological polar surface area (TPSA) is 67.4 Å². The standard InChI is InChI=1S/C21H26N2O3/c1-14(2)13-22-21(25)18-7-5-6-8-19(18)23-20(24)16-9-11-17(12-10-16)26-15(3)4/h5-12,14-15H,13H2,1-4H3,(H,22,25)(H,23,24). The molecule has 0 aliphatic carbocycles. The molecule has 0 saturated carbocycles. The quantitative estimate of drug-likeness (QED) is 0.786. The zero-order valence-electron chi connectivity index (χ0n) is 15.7. The van der Waals surface area contributed by atoms with Crippen molar-refractivity contribution in [2.24, 2.45) is 5.92 Å². The van der Waals surface area contributed by atoms with Gasteiger partial charge in [-0.05, 0) is 56.2 Å². The highest BCUT2D eigenvalue weighted by Gasteiger charge is 2.14. The highest BCUT2D eigenvalue weighted by atomic mass is 16.5. The highest BCUT2D eigenvalue weighted by molar-refractivity contribution is 6.09. The average Bonchev–Trinajstić information content (AvgIpc) is 2.60. The van der Waals surface area contributed by atoms with Gasteiger partial charge in [-0.1, -0.05) is 26.0 Å². The molecule has 0 radical (unpaired) electrons. The summed E-state index contributed by atoms with van der Waals surface area (Å²) in [6.45, 7) is 8.53. The van der Waals surface area contributed by atoms with E-state index in [1.54, 1.807) is 48.5 Å². The van der Waals surface area contributed by atoms with E-state index < -0.39 is 0 Å². The zero-order chi connectivity index (χ0) is 19.1. The van der Waals surface area contributed by atoms with Crippen LogP contribution in [0, 0.1) is 5.92 Å². The number of nitrogens with one attached hydrogen (secondary N) is 2. The summed E-state index contributed by atoms with van der Waals surface area (Å²) in [5.41, 5.74) is 1.43. The van der Waals surface area contributed by atoms with Crippen LogP contribution in [0.3, 0.4) is 0 Å². The molecule has 0 spiro atoms. The average molecular weight is 354 g/mol. The van der Waals surface area contributed by atoms with E-state index in [-0.39, 0.29) is 17.9 Å². The molecule has 2 aromatic rings. The van der Waals surface area contributed by atoms with Crippen molar-refractivity contribution in [1.82, 2.24) is 5.32 Å². The second-order valence-electron chi connectivity index (χ2n) is 6.79. The lowest BCUT2D eigenvalue weighted by atomic mass is 10.1. The van der Waals surface area contributed by atoms with Crippen molar-refractivity contribution in [1.29, 1.82) is 0 Å². The van der Waals surface area contributed by atoms with E-state index in [1.165, 1.54) is 0 Å². The second-order valence-corrected chi connectivity index (χ2v) is 6.79. The lowest BCUT2D eigenvalue weighted by Crippen LogP contribution is -2.28. The number of carbonyl (C=O) groups is 2. The van der Waals surface area contributed by atoms with Gasteiger partial charge in [0.1, 0.15) is 5.75 Å². The minimum absolute atomic E-state index is 0.0749. The minimum Gasteiger partial charge on any atom is -0.491 e. The Bertz CT molecular complexity index is 752. The van der Waals surface area contributed by atoms with Gasteiger partial charge in [0.15, 0.2) is 0 Å². The van der Waals surface area contributed by atoms with Crippen LogP contribution in [-0.2, 0) is 0 Å². The van der Waals surface area contributed by atoms with Crippen LogP contribution in [0.25, 0.3) is 0 Å². The van der Waals surface area contributed by atoms with Gasteiger partial charge in [-0.3, -0.25) is 9.59 Å². The van der Waals surface area contributed by atoms with Gasteiger partial charge in [0, 0.05) is 12.1 Å². The van der Waals surface area contributed by atoms with Crippen molar-refractivity contribution in [3.05, 3.63) is 59.7 Å². The first-order valence-corrected chi connectivity index (χ1v) is 8.82. The molecule has 0 aromatic heterocycles. The fraction of sp³-hybridized carbons (Fsp3) is 0.333. The van der Waals surface area contributed by atoms with Crippen LogP contribution in [-0.4, -0.2) is 24.5 Å². The number of benzene rings is 2. The molecule has 0 unspecified atom stereocenters. The van der Waals surface area contributed by atoms with Crippen LogP contribution < -0.4 is 15.4 Å². The molecule has 0 heterocycles. The van der Waals surface area contributed by atoms with Crippen molar-refractivity contribution < 1.29 is 14.3 Å². The van der Waals surface area contributed by atoms with Gasteiger partial charge < -0.3 is 15.4 Å². The number of amides is 2. The Labute approximate surface area is 154 Å². The molecule has 2 aromatic carbocycles. The Morgan fingerprint density at radius 2 is 1.58 bits per heavy atom. The summed E-state index contributed by atoms with van der Waals surface area (Å²) in [5.74, 6) is 0.595. The Morgan fingerprint density at radius 1 is 0.923 bits per heavy atom. The molecule has 5 heteroatoms. The fourth-order valence-electron chi connectivity index (χ4n) is 2.33. The first kappa shape index (κ1) is 19.5. The predicted octanol–water partition coefficient (Wildman–Crippen LogP) is 4.11. The largest absolute Gasteiger partial charge is 0.491 e. The van der Waals surface area contributed by atoms with E-state index in [4.69, 9.17) is 4.74 Å². The summed E-state index contributed by atoms with van der Waals surface area (Å²) in [5, 5.41) is 5.69. The van der Waals surface area contributed by atoms with Crippen LogP contribution in [0.1, 0.15) is 48.4 Å². The van der Waals surface area contributed by atoms with Crippen LogP contribution in [0.5, 0.6) is 5.75 Å². The zero-order valence-corrected chi connectivity index (χ0v) is 15.7. The van der Waals surface area contributed by atoms with Gasteiger partial charge in [0.25, 0.3) is 11.8 Å². The number of anilines is 1. The summed E-state index contributed by atoms with van der Waals surface area (Å²) in [6.07, 6.45) is 0.0749. The van der Waals surface area contributed by atoms with Crippen LogP contribution >= 0.6 is 0 Å². The summed E-state index contributed by atoms with van der Waals surface area (Å²) in [7, 11) is 0. The molecule has 0 atom stereocenters. The fourth-order valence-corrected chi connectivity index (χ4v) is 2.33. The van der Waals surface area contributed by atoms with E-state index in [2.05, 4.69) is 10.6 Å². The van der Waals surface area contributed by atoms with E-state index >= 15 is 0 Å². The molecular formula is C21H26N2O3. The second kappa shape index (κ2) is 9.04. The molecule has 2 N–H and O–H groups in total. The minimum atomic E-state index is -0.273. The lowest BCUT2D eigenvalue weighted by molar-refractivity contribution is 0.0950. The number of rotatable bonds is 7. The van der Waals surface area contributed by atoms with Gasteiger partial charge in [0.05, 0.1) is 17.4 Å². The van der Waals surface area contributed by atoms with E-state index in [0.29, 0.717) is 35.0 Å². The number of carbonyl (C=O) groups excluding carboxylic acids is 2. The van der Waals surface area contributed by atoms with E-state index in [0.717, 1.165) is 0 Å². The van der Waals surface area contributed by atoms with Crippen molar-refractivity contribution in [2.45, 2.75) is 33.8 Å². The first-order valence-electron chi connectivity index (χ1n) is 8.82. The summed E-state index contributed by atoms with van der Waals surface area (Å²) < 4.78 is 5.58. The molecule has 138 valence electrons. The maximum atomic E-state index is 12.5. The van der Waals surface area contributed by atoms with Crippen molar-refractivity contribution in [3.63, 3.8) is 0 Å². The lowest BCUT2D eigenvalue weighted by Gasteiger charge is -2.13. The molecule has 0 bridgehead atoms. The highest BCUT2D eigenvalue weighted by Crippen LogP contribution is 2.18. The van der Waals surface area contributed by atoms with Crippen LogP contribution in [0.2, 0.25) is 0 Å². The molecule has 0 fully saturated rings. The molecule has 2 rings (SSSR count). The maximum absolute atomic E-state index is 12.5. The smallest absolute Gasteiger partial charge is 0.255 e. The van der Waals surface area contributed by atoms with Crippen LogP contribution in [0.4, 0.5) is 5.69 Å². The van der Waals surface area contributed by atoms with Gasteiger partial charge in [-0.25, -0.2) is 0 Å². The Morgan fingerprint density at radius 3 is 2.19 bits per heavy atom. The van der Waals surface area contributed by atoms with Crippen molar-refractivity contribution in [3.8, 4) is 5.75 Å². The van der Waals surface area contributed by atoms with Crippen molar-refractivity contribution in [2.75, 3.05) is 11.9 Å². The predicted molar refractivity (Wildman–Crippen MR) is 104 cm³/mol. The van der Waals surface area contributed by atoms with E-state index in [1.807, 2.05) is 27.7 Å². The molecule has 0 aliphatic rings. The summed E-state index contributed by atoms with van der Waals surface area (Å²) >= 11 is 0. The number of hydrogen-bond acceptors (Lipinski definition) is 3. The van der Waals surface area contributed by atoms with Crippen LogP contribution in [0.15, 0.2) is 48.5 Å². The Hall–Kier alpha value is -2.82. The third kappa shape index (κ3) is 5.62. The first-order chi connectivity index (χ1) is 12.4. The number of ether oxygens (including phenoxy) is 1. The van der Waals surface area contributed by atoms with Gasteiger partial charge in [0.2, 0.25) is 0 Å². The molecule has 0 saturated heterocycles. The third-order valence-electron chi connectivity index (χ3n) is 3.58. The maximum Gasteiger partial charge on any atom is 0.255 e. The monoisotopic (exact) mass is 354 g/mol. The number of hydrogen-bond donors (Lipinski definition) is 2. The van der Waals surface area contributed by atoms with Gasteiger partial charge in [-0.15, -0.1) is 0 Å². The van der Waals surface area contributed by atoms with Crippen molar-refractivity contribution >= 4 is 17.5 Å². The van der Waals surface area contributed by atoms with E-state index in [9.17, 15) is 9.59 Å². The number of para-hydroxylation sites is 1. The Kier molecular flexibility index (Phi) is 6.78. The normalized spacial score (nSPS) is 10.7. The molecule has 26 heavy (non-hydrogen) atoms. The molecular weight excluding hydrogens is 328 g/mol. The summed E-state index contributed by atoms with van der Waals surface area (Å²) in [4.78, 5) is 24.9. The molecule has 5 nitrogen and oxygen atoms in total. The third-order valence-corrected chi connectivity index (χ3v) is 3.58. The molecule has 0 aliphatic heterocycles. The summed E-state index contributed by atoms with van der Waals surface area (Å²) in [6, 6.07) is 13.9. The molecule has 2 amide bonds.